The SMILES string of the molecule is CNCCN(C)CC(=O)Nc1ccc(Br)cc1Br. The van der Waals surface area contributed by atoms with Crippen LogP contribution in [0.25, 0.3) is 0 Å². The van der Waals surface area contributed by atoms with E-state index in [1.54, 1.807) is 0 Å². The molecule has 0 saturated heterocycles. The van der Waals surface area contributed by atoms with Crippen molar-refractivity contribution in [3.63, 3.8) is 0 Å². The Morgan fingerprint density at radius 3 is 2.72 bits per heavy atom. The van der Waals surface area contributed by atoms with Crippen LogP contribution in [-0.2, 0) is 4.79 Å². The number of nitrogens with one attached hydrogen (secondary N) is 2. The minimum atomic E-state index is -0.0170. The molecule has 0 aliphatic carbocycles. The van der Waals surface area contributed by atoms with Crippen LogP contribution in [0.3, 0.4) is 0 Å². The van der Waals surface area contributed by atoms with Crippen LogP contribution in [0.1, 0.15) is 0 Å². The monoisotopic (exact) mass is 377 g/mol. The van der Waals surface area contributed by atoms with Gasteiger partial charge in [-0.3, -0.25) is 9.69 Å². The second-order valence-corrected chi connectivity index (χ2v) is 5.78. The van der Waals surface area contributed by atoms with Crippen molar-refractivity contribution < 1.29 is 4.79 Å². The molecule has 0 atom stereocenters. The summed E-state index contributed by atoms with van der Waals surface area (Å²) in [5.41, 5.74) is 0.783. The molecule has 100 valence electrons. The zero-order valence-corrected chi connectivity index (χ0v) is 13.6. The minimum absolute atomic E-state index is 0.0170. The first-order chi connectivity index (χ1) is 8.52. The number of halogens is 2. The van der Waals surface area contributed by atoms with Gasteiger partial charge in [0, 0.05) is 22.0 Å². The summed E-state index contributed by atoms with van der Waals surface area (Å²) in [6.07, 6.45) is 0. The molecule has 0 saturated carbocycles. The molecular formula is C12H17Br2N3O. The number of benzene rings is 1. The predicted octanol–water partition coefficient (Wildman–Crippen LogP) is 2.30. The van der Waals surface area contributed by atoms with Crippen molar-refractivity contribution >= 4 is 43.5 Å². The average molecular weight is 379 g/mol. The maximum Gasteiger partial charge on any atom is 0.238 e. The maximum absolute atomic E-state index is 11.8. The summed E-state index contributed by atoms with van der Waals surface area (Å²) < 4.78 is 1.83. The van der Waals surface area contributed by atoms with Crippen LogP contribution in [0.5, 0.6) is 0 Å². The molecule has 0 radical (unpaired) electrons. The Kier molecular flexibility index (Phi) is 6.85. The highest BCUT2D eigenvalue weighted by atomic mass is 79.9. The van der Waals surface area contributed by atoms with Gasteiger partial charge in [-0.05, 0) is 48.2 Å². The molecule has 1 aromatic carbocycles. The Labute approximate surface area is 124 Å². The van der Waals surface area contributed by atoms with Gasteiger partial charge in [0.25, 0.3) is 0 Å². The first-order valence-electron chi connectivity index (χ1n) is 5.61. The Morgan fingerprint density at radius 1 is 1.39 bits per heavy atom. The van der Waals surface area contributed by atoms with Crippen molar-refractivity contribution in [2.24, 2.45) is 0 Å². The molecule has 1 aromatic rings. The number of nitrogens with zero attached hydrogens (tertiary/aromatic N) is 1. The van der Waals surface area contributed by atoms with Crippen molar-refractivity contribution in [2.45, 2.75) is 0 Å². The van der Waals surface area contributed by atoms with Gasteiger partial charge in [0.05, 0.1) is 12.2 Å². The molecule has 2 N–H and O–H groups in total. The minimum Gasteiger partial charge on any atom is -0.324 e. The van der Waals surface area contributed by atoms with Crippen LogP contribution < -0.4 is 10.6 Å². The molecule has 18 heavy (non-hydrogen) atoms. The highest BCUT2D eigenvalue weighted by molar-refractivity contribution is 9.11. The second-order valence-electron chi connectivity index (χ2n) is 4.01. The molecule has 4 nitrogen and oxygen atoms in total. The molecule has 6 heteroatoms. The number of rotatable bonds is 6. The summed E-state index contributed by atoms with van der Waals surface area (Å²) in [7, 11) is 3.82. The molecule has 0 unspecified atom stereocenters. The Balaban J connectivity index is 2.49. The van der Waals surface area contributed by atoms with Gasteiger partial charge in [-0.2, -0.15) is 0 Å². The summed E-state index contributed by atoms with van der Waals surface area (Å²) in [5.74, 6) is -0.0170. The molecule has 0 aliphatic rings. The van der Waals surface area contributed by atoms with E-state index < -0.39 is 0 Å². The van der Waals surface area contributed by atoms with Gasteiger partial charge in [0.2, 0.25) is 5.91 Å². The van der Waals surface area contributed by atoms with Crippen molar-refractivity contribution in [3.05, 3.63) is 27.1 Å². The highest BCUT2D eigenvalue weighted by Gasteiger charge is 2.08. The van der Waals surface area contributed by atoms with Crippen LogP contribution >= 0.6 is 31.9 Å². The van der Waals surface area contributed by atoms with Crippen LogP contribution in [0.2, 0.25) is 0 Å². The molecular weight excluding hydrogens is 362 g/mol. The van der Waals surface area contributed by atoms with E-state index in [0.29, 0.717) is 6.54 Å². The normalized spacial score (nSPS) is 10.7. The van der Waals surface area contributed by atoms with E-state index in [0.717, 1.165) is 27.7 Å². The lowest BCUT2D eigenvalue weighted by molar-refractivity contribution is -0.117. The lowest BCUT2D eigenvalue weighted by Gasteiger charge is -2.16. The summed E-state index contributed by atoms with van der Waals surface area (Å²) >= 11 is 6.79. The third-order valence-corrected chi connectivity index (χ3v) is 3.51. The molecule has 0 aliphatic heterocycles. The van der Waals surface area contributed by atoms with Crippen LogP contribution in [0.15, 0.2) is 27.1 Å². The van der Waals surface area contributed by atoms with E-state index in [1.165, 1.54) is 0 Å². The third kappa shape index (κ3) is 5.48. The molecule has 1 amide bonds. The Hall–Kier alpha value is -0.430. The van der Waals surface area contributed by atoms with E-state index in [9.17, 15) is 4.79 Å². The van der Waals surface area contributed by atoms with Gasteiger partial charge in [-0.25, -0.2) is 0 Å². The third-order valence-electron chi connectivity index (χ3n) is 2.36. The van der Waals surface area contributed by atoms with Crippen molar-refractivity contribution in [1.82, 2.24) is 10.2 Å². The Morgan fingerprint density at radius 2 is 2.11 bits per heavy atom. The quantitative estimate of drug-likeness (QED) is 0.798. The van der Waals surface area contributed by atoms with Crippen molar-refractivity contribution in [2.75, 3.05) is 39.0 Å². The summed E-state index contributed by atoms with van der Waals surface area (Å²) in [4.78, 5) is 13.8. The zero-order valence-electron chi connectivity index (χ0n) is 10.5. The molecule has 0 heterocycles. The van der Waals surface area contributed by atoms with Gasteiger partial charge in [0.15, 0.2) is 0 Å². The first-order valence-corrected chi connectivity index (χ1v) is 7.19. The van der Waals surface area contributed by atoms with Gasteiger partial charge in [-0.15, -0.1) is 0 Å². The number of carbonyl (C=O) groups excluding carboxylic acids is 1. The molecule has 0 bridgehead atoms. The van der Waals surface area contributed by atoms with Gasteiger partial charge in [-0.1, -0.05) is 15.9 Å². The van der Waals surface area contributed by atoms with E-state index >= 15 is 0 Å². The first kappa shape index (κ1) is 15.6. The number of carbonyl (C=O) groups is 1. The van der Waals surface area contributed by atoms with E-state index in [-0.39, 0.29) is 5.91 Å². The lowest BCUT2D eigenvalue weighted by atomic mass is 10.3. The lowest BCUT2D eigenvalue weighted by Crippen LogP contribution is -2.34. The van der Waals surface area contributed by atoms with Gasteiger partial charge in [0.1, 0.15) is 0 Å². The van der Waals surface area contributed by atoms with Crippen LogP contribution in [-0.4, -0.2) is 44.5 Å². The number of likely N-dealkylation sites (N-methyl/N-ethyl adjacent to an activating group) is 2. The number of hydrogen-bond donors (Lipinski definition) is 2. The number of hydrogen-bond acceptors (Lipinski definition) is 3. The fourth-order valence-electron chi connectivity index (χ4n) is 1.41. The number of anilines is 1. The summed E-state index contributed by atoms with van der Waals surface area (Å²) in [6.45, 7) is 2.08. The van der Waals surface area contributed by atoms with E-state index in [4.69, 9.17) is 0 Å². The summed E-state index contributed by atoms with van der Waals surface area (Å²) in [5, 5.41) is 5.93. The van der Waals surface area contributed by atoms with Crippen LogP contribution in [0, 0.1) is 0 Å². The fraction of sp³-hybridized carbons (Fsp3) is 0.417. The molecule has 0 aromatic heterocycles. The standard InChI is InChI=1S/C12H17Br2N3O/c1-15-5-6-17(2)8-12(18)16-11-4-3-9(13)7-10(11)14/h3-4,7,15H,5-6,8H2,1-2H3,(H,16,18). The van der Waals surface area contributed by atoms with Crippen molar-refractivity contribution in [3.8, 4) is 0 Å². The van der Waals surface area contributed by atoms with Crippen LogP contribution in [0.4, 0.5) is 5.69 Å². The predicted molar refractivity (Wildman–Crippen MR) is 81.9 cm³/mol. The topological polar surface area (TPSA) is 44.4 Å². The fourth-order valence-corrected chi connectivity index (χ4v) is 2.55. The second kappa shape index (κ2) is 7.89. The molecule has 0 fully saturated rings. The number of amides is 1. The Bertz CT molecular complexity index is 412. The van der Waals surface area contributed by atoms with Gasteiger partial charge < -0.3 is 10.6 Å². The zero-order chi connectivity index (χ0) is 13.5. The van der Waals surface area contributed by atoms with E-state index in [2.05, 4.69) is 42.5 Å². The highest BCUT2D eigenvalue weighted by Crippen LogP contribution is 2.25. The smallest absolute Gasteiger partial charge is 0.238 e. The van der Waals surface area contributed by atoms with E-state index in [1.807, 2.05) is 37.2 Å². The van der Waals surface area contributed by atoms with Crippen molar-refractivity contribution in [1.29, 1.82) is 0 Å². The van der Waals surface area contributed by atoms with Gasteiger partial charge >= 0.3 is 0 Å². The largest absolute Gasteiger partial charge is 0.324 e. The molecule has 1 rings (SSSR count). The maximum atomic E-state index is 11.8. The summed E-state index contributed by atoms with van der Waals surface area (Å²) in [6, 6.07) is 5.66. The molecule has 0 spiro atoms. The average Bonchev–Trinajstić information content (AvgIpc) is 2.30.